The molecule has 2 heterocycles. The Morgan fingerprint density at radius 1 is 1.21 bits per heavy atom. The third kappa shape index (κ3) is 2.54. The van der Waals surface area contributed by atoms with Crippen molar-refractivity contribution >= 4 is 5.78 Å². The minimum absolute atomic E-state index is 0.00435. The Morgan fingerprint density at radius 2 is 1.89 bits per heavy atom. The Balaban J connectivity index is 1.69. The molecule has 0 saturated carbocycles. The largest absolute Gasteiger partial charge is 0.375 e. The van der Waals surface area contributed by atoms with Crippen molar-refractivity contribution < 1.29 is 18.3 Å². The van der Waals surface area contributed by atoms with E-state index in [0.717, 1.165) is 31.7 Å². The summed E-state index contributed by atoms with van der Waals surface area (Å²) in [5, 5.41) is 0. The van der Waals surface area contributed by atoms with Crippen LogP contribution in [0.1, 0.15) is 31.2 Å². The third-order valence-electron chi connectivity index (χ3n) is 4.14. The molecule has 0 aromatic heterocycles. The summed E-state index contributed by atoms with van der Waals surface area (Å²) in [6, 6.07) is 3.98. The van der Waals surface area contributed by atoms with Gasteiger partial charge in [0, 0.05) is 12.3 Å². The average Bonchev–Trinajstić information content (AvgIpc) is 2.73. The zero-order valence-corrected chi connectivity index (χ0v) is 10.6. The zero-order chi connectivity index (χ0) is 13.4. The standard InChI is InChI=1S/C15H16F2O2/c16-13-3-1-2-9(15(13)17)8-14(18)10-6-11-4-5-12(7-10)19-11/h1-3,10-12H,4-8H2. The van der Waals surface area contributed by atoms with Gasteiger partial charge in [-0.1, -0.05) is 12.1 Å². The highest BCUT2D eigenvalue weighted by Crippen LogP contribution is 2.36. The number of hydrogen-bond acceptors (Lipinski definition) is 2. The first-order valence-corrected chi connectivity index (χ1v) is 6.74. The highest BCUT2D eigenvalue weighted by Gasteiger charge is 2.37. The van der Waals surface area contributed by atoms with Crippen molar-refractivity contribution in [2.24, 2.45) is 5.92 Å². The summed E-state index contributed by atoms with van der Waals surface area (Å²) in [5.41, 5.74) is 0.156. The van der Waals surface area contributed by atoms with Gasteiger partial charge in [-0.25, -0.2) is 8.78 Å². The number of rotatable bonds is 3. The molecule has 3 rings (SSSR count). The zero-order valence-electron chi connectivity index (χ0n) is 10.6. The molecule has 0 amide bonds. The smallest absolute Gasteiger partial charge is 0.162 e. The lowest BCUT2D eigenvalue weighted by atomic mass is 9.88. The Labute approximate surface area is 110 Å². The first-order chi connectivity index (χ1) is 9.13. The lowest BCUT2D eigenvalue weighted by molar-refractivity contribution is -0.128. The van der Waals surface area contributed by atoms with Gasteiger partial charge in [-0.05, 0) is 37.3 Å². The number of benzene rings is 1. The lowest BCUT2D eigenvalue weighted by Gasteiger charge is -2.27. The summed E-state index contributed by atoms with van der Waals surface area (Å²) < 4.78 is 32.3. The summed E-state index contributed by atoms with van der Waals surface area (Å²) in [6.07, 6.45) is 3.84. The molecule has 2 bridgehead atoms. The Morgan fingerprint density at radius 3 is 2.58 bits per heavy atom. The topological polar surface area (TPSA) is 26.3 Å². The second kappa shape index (κ2) is 5.00. The fraction of sp³-hybridized carbons (Fsp3) is 0.533. The molecule has 102 valence electrons. The molecule has 2 aliphatic heterocycles. The predicted molar refractivity (Wildman–Crippen MR) is 65.7 cm³/mol. The summed E-state index contributed by atoms with van der Waals surface area (Å²) in [4.78, 5) is 12.2. The van der Waals surface area contributed by atoms with Crippen LogP contribution in [-0.2, 0) is 16.0 Å². The van der Waals surface area contributed by atoms with E-state index >= 15 is 0 Å². The fourth-order valence-electron chi connectivity index (χ4n) is 3.14. The monoisotopic (exact) mass is 266 g/mol. The van der Waals surface area contributed by atoms with Gasteiger partial charge >= 0.3 is 0 Å². The molecule has 2 fully saturated rings. The van der Waals surface area contributed by atoms with Crippen LogP contribution >= 0.6 is 0 Å². The van der Waals surface area contributed by atoms with E-state index in [1.807, 2.05) is 0 Å². The molecule has 1 aromatic rings. The quantitative estimate of drug-likeness (QED) is 0.840. The van der Waals surface area contributed by atoms with Gasteiger partial charge in [0.05, 0.1) is 12.2 Å². The van der Waals surface area contributed by atoms with Crippen molar-refractivity contribution in [2.75, 3.05) is 0 Å². The molecular weight excluding hydrogens is 250 g/mol. The van der Waals surface area contributed by atoms with Crippen molar-refractivity contribution in [2.45, 2.75) is 44.3 Å². The van der Waals surface area contributed by atoms with Crippen molar-refractivity contribution in [3.63, 3.8) is 0 Å². The lowest BCUT2D eigenvalue weighted by Crippen LogP contribution is -2.31. The minimum Gasteiger partial charge on any atom is -0.375 e. The molecule has 2 saturated heterocycles. The van der Waals surface area contributed by atoms with Crippen molar-refractivity contribution in [3.05, 3.63) is 35.4 Å². The maximum absolute atomic E-state index is 13.5. The van der Waals surface area contributed by atoms with E-state index in [1.54, 1.807) is 0 Å². The number of halogens is 2. The van der Waals surface area contributed by atoms with E-state index in [2.05, 4.69) is 0 Å². The van der Waals surface area contributed by atoms with E-state index < -0.39 is 11.6 Å². The first-order valence-electron chi connectivity index (χ1n) is 6.74. The van der Waals surface area contributed by atoms with E-state index in [-0.39, 0.29) is 35.9 Å². The van der Waals surface area contributed by atoms with Gasteiger partial charge in [0.2, 0.25) is 0 Å². The molecule has 0 radical (unpaired) electrons. The molecule has 2 aliphatic rings. The molecule has 19 heavy (non-hydrogen) atoms. The van der Waals surface area contributed by atoms with Gasteiger partial charge in [-0.15, -0.1) is 0 Å². The van der Waals surface area contributed by atoms with E-state index in [0.29, 0.717) is 0 Å². The number of ketones is 1. The third-order valence-corrected chi connectivity index (χ3v) is 4.14. The Kier molecular flexibility index (Phi) is 3.35. The van der Waals surface area contributed by atoms with E-state index in [4.69, 9.17) is 4.74 Å². The Bertz CT molecular complexity index is 489. The molecule has 2 unspecified atom stereocenters. The van der Waals surface area contributed by atoms with Gasteiger partial charge in [0.25, 0.3) is 0 Å². The van der Waals surface area contributed by atoms with Crippen molar-refractivity contribution in [1.82, 2.24) is 0 Å². The predicted octanol–water partition coefficient (Wildman–Crippen LogP) is 3.03. The van der Waals surface area contributed by atoms with Crippen LogP contribution in [0, 0.1) is 17.6 Å². The summed E-state index contributed by atoms with van der Waals surface area (Å²) in [5.74, 6) is -1.85. The van der Waals surface area contributed by atoms with Gasteiger partial charge in [0.15, 0.2) is 11.6 Å². The van der Waals surface area contributed by atoms with Crippen LogP contribution < -0.4 is 0 Å². The molecule has 0 spiro atoms. The first kappa shape index (κ1) is 12.7. The highest BCUT2D eigenvalue weighted by molar-refractivity contribution is 5.83. The number of Topliss-reactive ketones (excluding diaryl/α,β-unsaturated/α-hetero) is 1. The van der Waals surface area contributed by atoms with Gasteiger partial charge in [-0.2, -0.15) is 0 Å². The minimum atomic E-state index is -0.897. The second-order valence-electron chi connectivity index (χ2n) is 5.48. The number of ether oxygens (including phenoxy) is 1. The summed E-state index contributed by atoms with van der Waals surface area (Å²) in [7, 11) is 0. The van der Waals surface area contributed by atoms with Crippen LogP contribution in [-0.4, -0.2) is 18.0 Å². The van der Waals surface area contributed by atoms with Crippen LogP contribution in [0.3, 0.4) is 0 Å². The number of fused-ring (bicyclic) bond motifs is 2. The number of carbonyl (C=O) groups is 1. The van der Waals surface area contributed by atoms with Gasteiger partial charge in [-0.3, -0.25) is 4.79 Å². The molecule has 0 aliphatic carbocycles. The van der Waals surface area contributed by atoms with E-state index in [9.17, 15) is 13.6 Å². The maximum Gasteiger partial charge on any atom is 0.162 e. The second-order valence-corrected chi connectivity index (χ2v) is 5.48. The van der Waals surface area contributed by atoms with Gasteiger partial charge in [0.1, 0.15) is 5.78 Å². The highest BCUT2D eigenvalue weighted by atomic mass is 19.2. The van der Waals surface area contributed by atoms with Crippen LogP contribution in [0.15, 0.2) is 18.2 Å². The van der Waals surface area contributed by atoms with Crippen molar-refractivity contribution in [1.29, 1.82) is 0 Å². The molecular formula is C15H16F2O2. The van der Waals surface area contributed by atoms with E-state index in [1.165, 1.54) is 12.1 Å². The normalized spacial score (nSPS) is 29.5. The Hall–Kier alpha value is -1.29. The summed E-state index contributed by atoms with van der Waals surface area (Å²) in [6.45, 7) is 0. The molecule has 4 heteroatoms. The van der Waals surface area contributed by atoms with Crippen LogP contribution in [0.4, 0.5) is 8.78 Å². The molecule has 0 N–H and O–H groups in total. The van der Waals surface area contributed by atoms with Gasteiger partial charge < -0.3 is 4.74 Å². The number of hydrogen-bond donors (Lipinski definition) is 0. The fourth-order valence-corrected chi connectivity index (χ4v) is 3.14. The number of carbonyl (C=O) groups excluding carboxylic acids is 1. The van der Waals surface area contributed by atoms with Crippen molar-refractivity contribution in [3.8, 4) is 0 Å². The van der Waals surface area contributed by atoms with Crippen LogP contribution in [0.25, 0.3) is 0 Å². The maximum atomic E-state index is 13.5. The van der Waals surface area contributed by atoms with Crippen LogP contribution in [0.5, 0.6) is 0 Å². The molecule has 2 nitrogen and oxygen atoms in total. The van der Waals surface area contributed by atoms with Crippen LogP contribution in [0.2, 0.25) is 0 Å². The molecule has 1 aromatic carbocycles. The molecule has 2 atom stereocenters. The SMILES string of the molecule is O=C(Cc1cccc(F)c1F)C1CC2CCC(C1)O2. The summed E-state index contributed by atoms with van der Waals surface area (Å²) >= 11 is 0. The average molecular weight is 266 g/mol.